The number of carbonyl (C=O) groups excluding carboxylic acids is 1. The van der Waals surface area contributed by atoms with Crippen molar-refractivity contribution in [1.82, 2.24) is 24.5 Å². The molecular weight excluding hydrogens is 298 g/mol. The normalized spacial score (nSPS) is 12.3. The lowest BCUT2D eigenvalue weighted by molar-refractivity contribution is -0.144. The summed E-state index contributed by atoms with van der Waals surface area (Å²) in [4.78, 5) is 28.3. The largest absolute Gasteiger partial charge is 0.467 e. The number of hydrogen-bond donors (Lipinski definition) is 0. The first kappa shape index (κ1) is 14.9. The first-order valence-electron chi connectivity index (χ1n) is 7.04. The van der Waals surface area contributed by atoms with Crippen molar-refractivity contribution in [3.63, 3.8) is 0 Å². The molecule has 0 saturated carbocycles. The molecule has 0 N–H and O–H groups in total. The van der Waals surface area contributed by atoms with E-state index < -0.39 is 17.6 Å². The van der Waals surface area contributed by atoms with Gasteiger partial charge in [-0.15, -0.1) is 5.10 Å². The van der Waals surface area contributed by atoms with E-state index in [1.807, 2.05) is 30.3 Å². The van der Waals surface area contributed by atoms with Gasteiger partial charge in [-0.05, 0) is 12.5 Å². The van der Waals surface area contributed by atoms with E-state index in [-0.39, 0.29) is 5.52 Å². The highest BCUT2D eigenvalue weighted by molar-refractivity contribution is 5.74. The standard InChI is InChI=1S/C15H15N5O3/c1-10(15(22)23-2)19-9-16-13-12(14(19)21)17-18-20(13)8-11-6-4-3-5-7-11/h3-7,9-10H,8H2,1-2H3/t10-/m0/s1. The molecule has 0 bridgehead atoms. The van der Waals surface area contributed by atoms with Gasteiger partial charge in [0.15, 0.2) is 11.2 Å². The SMILES string of the molecule is COC(=O)[C@H](C)n1cnc2c(nnn2Cc2ccccc2)c1=O. The van der Waals surface area contributed by atoms with Crippen molar-refractivity contribution in [3.05, 3.63) is 52.6 Å². The van der Waals surface area contributed by atoms with Crippen LogP contribution in [0.4, 0.5) is 0 Å². The highest BCUT2D eigenvalue weighted by Crippen LogP contribution is 2.09. The van der Waals surface area contributed by atoms with Gasteiger partial charge in [0.25, 0.3) is 5.56 Å². The first-order valence-corrected chi connectivity index (χ1v) is 7.04. The Morgan fingerprint density at radius 2 is 2.04 bits per heavy atom. The fourth-order valence-electron chi connectivity index (χ4n) is 2.29. The van der Waals surface area contributed by atoms with E-state index in [9.17, 15) is 9.59 Å². The minimum atomic E-state index is -0.774. The summed E-state index contributed by atoms with van der Waals surface area (Å²) in [6, 6.07) is 8.90. The zero-order chi connectivity index (χ0) is 16.4. The van der Waals surface area contributed by atoms with Crippen LogP contribution in [-0.2, 0) is 16.1 Å². The molecule has 118 valence electrons. The Morgan fingerprint density at radius 1 is 1.30 bits per heavy atom. The zero-order valence-electron chi connectivity index (χ0n) is 12.7. The van der Waals surface area contributed by atoms with Crippen molar-refractivity contribution < 1.29 is 9.53 Å². The molecule has 8 heteroatoms. The predicted molar refractivity (Wildman–Crippen MR) is 81.9 cm³/mol. The van der Waals surface area contributed by atoms with Crippen molar-refractivity contribution in [1.29, 1.82) is 0 Å². The third kappa shape index (κ3) is 2.70. The van der Waals surface area contributed by atoms with Crippen molar-refractivity contribution in [3.8, 4) is 0 Å². The second-order valence-corrected chi connectivity index (χ2v) is 5.06. The highest BCUT2D eigenvalue weighted by Gasteiger charge is 2.20. The average Bonchev–Trinajstić information content (AvgIpc) is 2.98. The number of nitrogens with zero attached hydrogens (tertiary/aromatic N) is 5. The number of fused-ring (bicyclic) bond motifs is 1. The van der Waals surface area contributed by atoms with Gasteiger partial charge in [0.2, 0.25) is 0 Å². The molecule has 3 aromatic rings. The molecule has 0 saturated heterocycles. The summed E-state index contributed by atoms with van der Waals surface area (Å²) in [6.07, 6.45) is 1.32. The molecule has 8 nitrogen and oxygen atoms in total. The first-order chi connectivity index (χ1) is 11.1. The third-order valence-corrected chi connectivity index (χ3v) is 3.59. The molecule has 0 amide bonds. The molecule has 0 aliphatic heterocycles. The van der Waals surface area contributed by atoms with Gasteiger partial charge in [-0.2, -0.15) is 0 Å². The molecule has 3 rings (SSSR count). The van der Waals surface area contributed by atoms with E-state index >= 15 is 0 Å². The van der Waals surface area contributed by atoms with E-state index in [1.165, 1.54) is 18.0 Å². The maximum Gasteiger partial charge on any atom is 0.328 e. The second-order valence-electron chi connectivity index (χ2n) is 5.06. The van der Waals surface area contributed by atoms with Gasteiger partial charge < -0.3 is 4.74 Å². The Kier molecular flexibility index (Phi) is 3.88. The fraction of sp³-hybridized carbons (Fsp3) is 0.267. The summed E-state index contributed by atoms with van der Waals surface area (Å²) in [5.41, 5.74) is 1.10. The maximum atomic E-state index is 12.5. The topological polar surface area (TPSA) is 91.9 Å². The second kappa shape index (κ2) is 5.99. The Morgan fingerprint density at radius 3 is 2.74 bits per heavy atom. The van der Waals surface area contributed by atoms with E-state index in [0.29, 0.717) is 12.2 Å². The summed E-state index contributed by atoms with van der Waals surface area (Å²) in [5.74, 6) is -0.523. The lowest BCUT2D eigenvalue weighted by atomic mass is 10.2. The van der Waals surface area contributed by atoms with E-state index in [1.54, 1.807) is 11.6 Å². The Bertz CT molecular complexity index is 900. The number of hydrogen-bond acceptors (Lipinski definition) is 6. The van der Waals surface area contributed by atoms with Gasteiger partial charge in [-0.1, -0.05) is 35.5 Å². The molecular formula is C15H15N5O3. The minimum Gasteiger partial charge on any atom is -0.467 e. The lowest BCUT2D eigenvalue weighted by Crippen LogP contribution is -2.29. The van der Waals surface area contributed by atoms with Crippen LogP contribution in [0.25, 0.3) is 11.2 Å². The highest BCUT2D eigenvalue weighted by atomic mass is 16.5. The summed E-state index contributed by atoms with van der Waals surface area (Å²) < 4.78 is 7.39. The minimum absolute atomic E-state index is 0.124. The Hall–Kier alpha value is -3.03. The summed E-state index contributed by atoms with van der Waals surface area (Å²) in [7, 11) is 1.27. The van der Waals surface area contributed by atoms with Gasteiger partial charge in [0.1, 0.15) is 12.4 Å². The van der Waals surface area contributed by atoms with Crippen molar-refractivity contribution >= 4 is 17.1 Å². The molecule has 0 aliphatic rings. The van der Waals surface area contributed by atoms with E-state index in [2.05, 4.69) is 20.0 Å². The van der Waals surface area contributed by atoms with Crippen LogP contribution < -0.4 is 5.56 Å². The monoisotopic (exact) mass is 313 g/mol. The van der Waals surface area contributed by atoms with Gasteiger partial charge in [-0.3, -0.25) is 9.36 Å². The number of benzene rings is 1. The van der Waals surface area contributed by atoms with Crippen LogP contribution in [-0.4, -0.2) is 37.6 Å². The average molecular weight is 313 g/mol. The third-order valence-electron chi connectivity index (χ3n) is 3.59. The molecule has 1 aromatic carbocycles. The maximum absolute atomic E-state index is 12.5. The number of carbonyl (C=O) groups is 1. The fourth-order valence-corrected chi connectivity index (χ4v) is 2.29. The van der Waals surface area contributed by atoms with Crippen molar-refractivity contribution in [2.75, 3.05) is 7.11 Å². The van der Waals surface area contributed by atoms with E-state index in [4.69, 9.17) is 0 Å². The van der Waals surface area contributed by atoms with Gasteiger partial charge in [0.05, 0.1) is 13.7 Å². The van der Waals surface area contributed by atoms with Crippen LogP contribution in [0, 0.1) is 0 Å². The summed E-state index contributed by atoms with van der Waals surface area (Å²) in [6.45, 7) is 2.02. The van der Waals surface area contributed by atoms with E-state index in [0.717, 1.165) is 5.56 Å². The van der Waals surface area contributed by atoms with Crippen LogP contribution in [0.5, 0.6) is 0 Å². The van der Waals surface area contributed by atoms with Crippen LogP contribution in [0.2, 0.25) is 0 Å². The van der Waals surface area contributed by atoms with Crippen molar-refractivity contribution in [2.24, 2.45) is 0 Å². The zero-order valence-corrected chi connectivity index (χ0v) is 12.7. The van der Waals surface area contributed by atoms with Crippen LogP contribution >= 0.6 is 0 Å². The number of esters is 1. The van der Waals surface area contributed by atoms with Crippen LogP contribution in [0.3, 0.4) is 0 Å². The Labute approximate surface area is 131 Å². The molecule has 0 spiro atoms. The molecule has 23 heavy (non-hydrogen) atoms. The molecule has 0 aliphatic carbocycles. The molecule has 0 unspecified atom stereocenters. The number of methoxy groups -OCH3 is 1. The Balaban J connectivity index is 2.01. The lowest BCUT2D eigenvalue weighted by Gasteiger charge is -2.11. The molecule has 0 fully saturated rings. The molecule has 2 aromatic heterocycles. The van der Waals surface area contributed by atoms with Gasteiger partial charge >= 0.3 is 5.97 Å². The summed E-state index contributed by atoms with van der Waals surface area (Å²) in [5, 5.41) is 7.90. The quantitative estimate of drug-likeness (QED) is 0.661. The molecule has 0 radical (unpaired) electrons. The van der Waals surface area contributed by atoms with Crippen LogP contribution in [0.15, 0.2) is 41.5 Å². The molecule has 1 atom stereocenters. The van der Waals surface area contributed by atoms with Gasteiger partial charge in [0, 0.05) is 0 Å². The molecule has 2 heterocycles. The predicted octanol–water partition coefficient (Wildman–Crippen LogP) is 0.770. The van der Waals surface area contributed by atoms with Crippen LogP contribution in [0.1, 0.15) is 18.5 Å². The van der Waals surface area contributed by atoms with Crippen molar-refractivity contribution in [2.45, 2.75) is 19.5 Å². The number of ether oxygens (including phenoxy) is 1. The number of aromatic nitrogens is 5. The summed E-state index contributed by atoms with van der Waals surface area (Å²) >= 11 is 0. The van der Waals surface area contributed by atoms with Gasteiger partial charge in [-0.25, -0.2) is 14.5 Å². The number of rotatable bonds is 4. The smallest absolute Gasteiger partial charge is 0.328 e.